The third-order valence-electron chi connectivity index (χ3n) is 1.75. The summed E-state index contributed by atoms with van der Waals surface area (Å²) >= 11 is 0. The second kappa shape index (κ2) is 4.00. The lowest BCUT2D eigenvalue weighted by Gasteiger charge is -2.09. The molecule has 4 nitrogen and oxygen atoms in total. The standard InChI is InChI=1S/C9H12O4/c1-12-7-3-6(5-10)9(11)8(4-7)13-2/h3-4,10-11H,5H2,1-2H3. The van der Waals surface area contributed by atoms with Gasteiger partial charge in [-0.2, -0.15) is 0 Å². The minimum atomic E-state index is -0.251. The van der Waals surface area contributed by atoms with E-state index in [4.69, 9.17) is 14.6 Å². The first-order valence-corrected chi connectivity index (χ1v) is 3.77. The molecular weight excluding hydrogens is 172 g/mol. The smallest absolute Gasteiger partial charge is 0.164 e. The molecule has 2 N–H and O–H groups in total. The first-order chi connectivity index (χ1) is 6.22. The van der Waals surface area contributed by atoms with Gasteiger partial charge in [0.05, 0.1) is 20.8 Å². The molecule has 1 rings (SSSR count). The van der Waals surface area contributed by atoms with Gasteiger partial charge in [-0.3, -0.25) is 0 Å². The molecule has 1 aromatic carbocycles. The summed E-state index contributed by atoms with van der Waals surface area (Å²) in [5.41, 5.74) is 0.385. The van der Waals surface area contributed by atoms with Crippen molar-refractivity contribution < 1.29 is 19.7 Å². The summed E-state index contributed by atoms with van der Waals surface area (Å²) < 4.78 is 9.84. The molecule has 0 atom stereocenters. The number of rotatable bonds is 3. The van der Waals surface area contributed by atoms with E-state index >= 15 is 0 Å². The number of phenols is 1. The van der Waals surface area contributed by atoms with Crippen molar-refractivity contribution in [3.8, 4) is 17.2 Å². The predicted octanol–water partition coefficient (Wildman–Crippen LogP) is 0.902. The summed E-state index contributed by atoms with van der Waals surface area (Å²) in [6.45, 7) is -0.251. The van der Waals surface area contributed by atoms with Crippen molar-refractivity contribution in [3.63, 3.8) is 0 Å². The molecule has 0 heterocycles. The van der Waals surface area contributed by atoms with E-state index in [2.05, 4.69) is 0 Å². The Morgan fingerprint density at radius 2 is 1.92 bits per heavy atom. The second-order valence-electron chi connectivity index (χ2n) is 2.50. The Labute approximate surface area is 76.3 Å². The summed E-state index contributed by atoms with van der Waals surface area (Å²) in [6.07, 6.45) is 0. The zero-order valence-electron chi connectivity index (χ0n) is 7.57. The van der Waals surface area contributed by atoms with Gasteiger partial charge in [-0.15, -0.1) is 0 Å². The van der Waals surface area contributed by atoms with Crippen molar-refractivity contribution >= 4 is 0 Å². The Kier molecular flexibility index (Phi) is 2.97. The first-order valence-electron chi connectivity index (χ1n) is 3.77. The highest BCUT2D eigenvalue weighted by Crippen LogP contribution is 2.34. The fraction of sp³-hybridized carbons (Fsp3) is 0.333. The molecule has 13 heavy (non-hydrogen) atoms. The highest BCUT2D eigenvalue weighted by molar-refractivity contribution is 5.50. The van der Waals surface area contributed by atoms with E-state index in [0.717, 1.165) is 0 Å². The van der Waals surface area contributed by atoms with Crippen LogP contribution in [-0.2, 0) is 6.61 Å². The Bertz CT molecular complexity index is 271. The zero-order chi connectivity index (χ0) is 9.84. The fourth-order valence-corrected chi connectivity index (χ4v) is 1.03. The number of benzene rings is 1. The summed E-state index contributed by atoms with van der Waals surface area (Å²) in [6, 6.07) is 3.10. The van der Waals surface area contributed by atoms with Crippen LogP contribution in [0.5, 0.6) is 17.2 Å². The zero-order valence-corrected chi connectivity index (χ0v) is 7.57. The van der Waals surface area contributed by atoms with Crippen LogP contribution >= 0.6 is 0 Å². The van der Waals surface area contributed by atoms with Crippen LogP contribution in [0.3, 0.4) is 0 Å². The number of aromatic hydroxyl groups is 1. The Morgan fingerprint density at radius 3 is 2.38 bits per heavy atom. The van der Waals surface area contributed by atoms with Gasteiger partial charge in [-0.1, -0.05) is 0 Å². The molecule has 0 unspecified atom stereocenters. The SMILES string of the molecule is COc1cc(CO)c(O)c(OC)c1. The largest absolute Gasteiger partial charge is 0.504 e. The lowest BCUT2D eigenvalue weighted by atomic mass is 10.2. The van der Waals surface area contributed by atoms with Gasteiger partial charge >= 0.3 is 0 Å². The topological polar surface area (TPSA) is 58.9 Å². The Balaban J connectivity index is 3.20. The molecule has 0 aromatic heterocycles. The average Bonchev–Trinajstić information content (AvgIpc) is 2.18. The van der Waals surface area contributed by atoms with Gasteiger partial charge in [0.1, 0.15) is 5.75 Å². The van der Waals surface area contributed by atoms with Gasteiger partial charge in [-0.25, -0.2) is 0 Å². The van der Waals surface area contributed by atoms with Crippen LogP contribution in [0.1, 0.15) is 5.56 Å². The van der Waals surface area contributed by atoms with Gasteiger partial charge in [0.25, 0.3) is 0 Å². The van der Waals surface area contributed by atoms with Crippen molar-refractivity contribution in [3.05, 3.63) is 17.7 Å². The van der Waals surface area contributed by atoms with E-state index in [9.17, 15) is 5.11 Å². The maximum atomic E-state index is 9.47. The van der Waals surface area contributed by atoms with E-state index in [1.807, 2.05) is 0 Å². The molecule has 0 aliphatic heterocycles. The fourth-order valence-electron chi connectivity index (χ4n) is 1.03. The quantitative estimate of drug-likeness (QED) is 0.732. The molecule has 0 spiro atoms. The summed E-state index contributed by atoms with van der Waals surface area (Å²) in [4.78, 5) is 0. The predicted molar refractivity (Wildman–Crippen MR) is 47.1 cm³/mol. The van der Waals surface area contributed by atoms with Gasteiger partial charge in [0.15, 0.2) is 11.5 Å². The lowest BCUT2D eigenvalue weighted by molar-refractivity contribution is 0.271. The van der Waals surface area contributed by atoms with E-state index in [0.29, 0.717) is 17.1 Å². The van der Waals surface area contributed by atoms with Crippen molar-refractivity contribution in [1.29, 1.82) is 0 Å². The Morgan fingerprint density at radius 1 is 1.23 bits per heavy atom. The number of ether oxygens (including phenoxy) is 2. The molecule has 0 saturated heterocycles. The highest BCUT2D eigenvalue weighted by Gasteiger charge is 2.09. The van der Waals surface area contributed by atoms with Crippen LogP contribution in [-0.4, -0.2) is 24.4 Å². The van der Waals surface area contributed by atoms with Crippen molar-refractivity contribution in [2.24, 2.45) is 0 Å². The van der Waals surface area contributed by atoms with Gasteiger partial charge in [0.2, 0.25) is 0 Å². The third-order valence-corrected chi connectivity index (χ3v) is 1.75. The molecule has 0 aliphatic rings. The number of aliphatic hydroxyl groups is 1. The van der Waals surface area contributed by atoms with E-state index in [1.54, 1.807) is 12.1 Å². The van der Waals surface area contributed by atoms with E-state index in [1.165, 1.54) is 14.2 Å². The summed E-state index contributed by atoms with van der Waals surface area (Å²) in [7, 11) is 2.95. The molecule has 1 aromatic rings. The van der Waals surface area contributed by atoms with Gasteiger partial charge < -0.3 is 19.7 Å². The highest BCUT2D eigenvalue weighted by atomic mass is 16.5. The number of hydrogen-bond donors (Lipinski definition) is 2. The summed E-state index contributed by atoms with van der Waals surface area (Å²) in [5.74, 6) is 0.785. The molecular formula is C9H12O4. The second-order valence-corrected chi connectivity index (χ2v) is 2.50. The number of hydrogen-bond acceptors (Lipinski definition) is 4. The minimum Gasteiger partial charge on any atom is -0.504 e. The maximum Gasteiger partial charge on any atom is 0.164 e. The van der Waals surface area contributed by atoms with Crippen molar-refractivity contribution in [2.75, 3.05) is 14.2 Å². The monoisotopic (exact) mass is 184 g/mol. The number of aliphatic hydroxyl groups excluding tert-OH is 1. The average molecular weight is 184 g/mol. The lowest BCUT2D eigenvalue weighted by Crippen LogP contribution is -1.92. The van der Waals surface area contributed by atoms with Crippen molar-refractivity contribution in [1.82, 2.24) is 0 Å². The summed E-state index contributed by atoms with van der Waals surface area (Å²) in [5, 5.41) is 18.4. The maximum absolute atomic E-state index is 9.47. The molecule has 0 aliphatic carbocycles. The molecule has 0 radical (unpaired) electrons. The molecule has 0 bridgehead atoms. The minimum absolute atomic E-state index is 0.0502. The number of methoxy groups -OCH3 is 2. The third kappa shape index (κ3) is 1.84. The Hall–Kier alpha value is -1.42. The molecule has 0 amide bonds. The first kappa shape index (κ1) is 9.67. The van der Waals surface area contributed by atoms with Gasteiger partial charge in [-0.05, 0) is 6.07 Å². The van der Waals surface area contributed by atoms with E-state index in [-0.39, 0.29) is 12.4 Å². The molecule has 0 fully saturated rings. The van der Waals surface area contributed by atoms with Crippen LogP contribution in [0.25, 0.3) is 0 Å². The molecule has 4 heteroatoms. The van der Waals surface area contributed by atoms with Crippen LogP contribution in [0.2, 0.25) is 0 Å². The van der Waals surface area contributed by atoms with Crippen LogP contribution < -0.4 is 9.47 Å². The van der Waals surface area contributed by atoms with Crippen LogP contribution in [0.4, 0.5) is 0 Å². The van der Waals surface area contributed by atoms with Crippen molar-refractivity contribution in [2.45, 2.75) is 6.61 Å². The molecule has 0 saturated carbocycles. The van der Waals surface area contributed by atoms with Crippen LogP contribution in [0, 0.1) is 0 Å². The van der Waals surface area contributed by atoms with Gasteiger partial charge in [0, 0.05) is 11.6 Å². The van der Waals surface area contributed by atoms with Crippen LogP contribution in [0.15, 0.2) is 12.1 Å². The molecule has 72 valence electrons. The normalized spacial score (nSPS) is 9.77. The van der Waals surface area contributed by atoms with E-state index < -0.39 is 0 Å².